The van der Waals surface area contributed by atoms with Gasteiger partial charge in [-0.3, -0.25) is 14.9 Å². The largest absolute Gasteiger partial charge is 0.457 e. The van der Waals surface area contributed by atoms with E-state index in [2.05, 4.69) is 24.0 Å². The van der Waals surface area contributed by atoms with Gasteiger partial charge in [0.25, 0.3) is 0 Å². The van der Waals surface area contributed by atoms with Crippen molar-refractivity contribution in [1.82, 2.24) is 10.2 Å². The molecule has 4 bridgehead atoms. The summed E-state index contributed by atoms with van der Waals surface area (Å²) >= 11 is 4.32. The summed E-state index contributed by atoms with van der Waals surface area (Å²) in [5.41, 5.74) is 1.07. The molecule has 0 radical (unpaired) electrons. The van der Waals surface area contributed by atoms with Gasteiger partial charge in [-0.25, -0.2) is 9.59 Å². The van der Waals surface area contributed by atoms with E-state index in [-0.39, 0.29) is 36.8 Å². The number of hydrogen-bond acceptors (Lipinski definition) is 9. The predicted octanol–water partition coefficient (Wildman–Crippen LogP) is 4.10. The third-order valence-electron chi connectivity index (χ3n) is 9.81. The molecule has 8 unspecified atom stereocenters. The molecule has 2 saturated heterocycles. The number of amides is 3. The molecule has 0 aromatic heterocycles. The Labute approximate surface area is 283 Å². The Bertz CT molecular complexity index is 1450. The lowest BCUT2D eigenvalue weighted by molar-refractivity contribution is -0.161. The smallest absolute Gasteiger partial charge is 0.409 e. The number of nitrogens with one attached hydrogen (secondary N) is 1. The zero-order chi connectivity index (χ0) is 34.8. The van der Waals surface area contributed by atoms with Gasteiger partial charge in [0.05, 0.1) is 12.5 Å². The average molecular weight is 672 g/mol. The number of ether oxygens (including phenoxy) is 3. The molecule has 3 aliphatic rings. The molecule has 8 atom stereocenters. The lowest BCUT2D eigenvalue weighted by atomic mass is 9.82. The van der Waals surface area contributed by atoms with E-state index in [9.17, 15) is 24.3 Å². The molecular formula is C35H49N3O8S. The predicted molar refractivity (Wildman–Crippen MR) is 181 cm³/mol. The monoisotopic (exact) mass is 671 g/mol. The summed E-state index contributed by atoms with van der Waals surface area (Å²) in [6.45, 7) is 11.1. The second kappa shape index (κ2) is 14.4. The number of esters is 1. The third-order valence-corrected chi connectivity index (χ3v) is 10.2. The van der Waals surface area contributed by atoms with Crippen LogP contribution in [0.4, 0.5) is 10.5 Å². The van der Waals surface area contributed by atoms with E-state index in [1.807, 2.05) is 58.1 Å². The molecule has 3 amide bonds. The number of benzene rings is 1. The summed E-state index contributed by atoms with van der Waals surface area (Å²) in [7, 11) is 3.21. The second-order valence-corrected chi connectivity index (χ2v) is 13.8. The van der Waals surface area contributed by atoms with Crippen LogP contribution in [-0.2, 0) is 35.0 Å². The number of aliphatic hydroxyl groups is 1. The van der Waals surface area contributed by atoms with Crippen LogP contribution in [0.2, 0.25) is 0 Å². The topological polar surface area (TPSA) is 138 Å². The summed E-state index contributed by atoms with van der Waals surface area (Å²) in [5.74, 6) is -2.11. The Morgan fingerprint density at radius 3 is 2.60 bits per heavy atom. The van der Waals surface area contributed by atoms with Crippen LogP contribution in [0.5, 0.6) is 0 Å². The minimum atomic E-state index is -1.58. The highest BCUT2D eigenvalue weighted by Gasteiger charge is 2.64. The summed E-state index contributed by atoms with van der Waals surface area (Å²) in [6.07, 6.45) is 3.33. The number of epoxide rings is 1. The molecule has 1 aromatic rings. The second-order valence-electron chi connectivity index (χ2n) is 13.5. The van der Waals surface area contributed by atoms with Gasteiger partial charge in [-0.1, -0.05) is 50.6 Å². The maximum absolute atomic E-state index is 13.9. The Morgan fingerprint density at radius 1 is 1.23 bits per heavy atom. The van der Waals surface area contributed by atoms with Gasteiger partial charge < -0.3 is 29.1 Å². The highest BCUT2D eigenvalue weighted by molar-refractivity contribution is 7.80. The number of nitrogens with zero attached hydrogens (tertiary/aromatic N) is 2. The highest BCUT2D eigenvalue weighted by atomic mass is 32.1. The number of carbonyl (C=O) groups excluding carboxylic acids is 4. The average Bonchev–Trinajstić information content (AvgIpc) is 3.70. The van der Waals surface area contributed by atoms with E-state index in [1.54, 1.807) is 25.8 Å². The Kier molecular flexibility index (Phi) is 11.2. The molecule has 258 valence electrons. The number of anilines is 1. The number of alkyl carbamates (subject to hydrolysis) is 1. The van der Waals surface area contributed by atoms with Crippen molar-refractivity contribution in [3.05, 3.63) is 53.1 Å². The van der Waals surface area contributed by atoms with E-state index in [1.165, 1.54) is 11.9 Å². The number of hydrogen-bond donors (Lipinski definition) is 3. The summed E-state index contributed by atoms with van der Waals surface area (Å²) in [5, 5.41) is 14.2. The number of allylic oxidation sites excluding steroid dienone is 3. The van der Waals surface area contributed by atoms with Crippen molar-refractivity contribution >= 4 is 42.2 Å². The van der Waals surface area contributed by atoms with Gasteiger partial charge in [0.1, 0.15) is 29.6 Å². The molecule has 3 aliphatic heterocycles. The zero-order valence-corrected chi connectivity index (χ0v) is 29.5. The van der Waals surface area contributed by atoms with Crippen molar-refractivity contribution in [3.8, 4) is 0 Å². The minimum Gasteiger partial charge on any atom is -0.457 e. The van der Waals surface area contributed by atoms with Crippen molar-refractivity contribution in [3.63, 3.8) is 0 Å². The van der Waals surface area contributed by atoms with E-state index in [0.29, 0.717) is 12.1 Å². The van der Waals surface area contributed by atoms with Crippen molar-refractivity contribution in [2.45, 2.75) is 103 Å². The van der Waals surface area contributed by atoms with Gasteiger partial charge in [-0.15, -0.1) is 0 Å². The Morgan fingerprint density at radius 2 is 1.94 bits per heavy atom. The number of rotatable bonds is 5. The first-order valence-electron chi connectivity index (χ1n) is 16.2. The fraction of sp³-hybridized carbons (Fsp3) is 0.600. The van der Waals surface area contributed by atoms with E-state index < -0.39 is 59.6 Å². The lowest BCUT2D eigenvalue weighted by Gasteiger charge is -2.41. The molecule has 3 heterocycles. The maximum atomic E-state index is 13.9. The van der Waals surface area contributed by atoms with Gasteiger partial charge in [0.15, 0.2) is 0 Å². The number of fused-ring (bicyclic) bond motifs is 5. The van der Waals surface area contributed by atoms with Crippen LogP contribution in [0.15, 0.2) is 42.0 Å². The van der Waals surface area contributed by atoms with Gasteiger partial charge in [-0.2, -0.15) is 12.6 Å². The van der Waals surface area contributed by atoms with Crippen molar-refractivity contribution in [2.75, 3.05) is 24.7 Å². The molecular weight excluding hydrogens is 622 g/mol. The molecule has 4 rings (SSSR count). The van der Waals surface area contributed by atoms with Crippen molar-refractivity contribution in [2.24, 2.45) is 11.8 Å². The molecule has 2 fully saturated rings. The van der Waals surface area contributed by atoms with Crippen molar-refractivity contribution in [1.29, 1.82) is 0 Å². The van der Waals surface area contributed by atoms with E-state index in [0.717, 1.165) is 16.7 Å². The van der Waals surface area contributed by atoms with Gasteiger partial charge in [0.2, 0.25) is 11.8 Å². The van der Waals surface area contributed by atoms with Crippen LogP contribution in [0.3, 0.4) is 0 Å². The number of thiol groups is 1. The summed E-state index contributed by atoms with van der Waals surface area (Å²) in [6, 6.07) is 4.98. The molecule has 0 spiro atoms. The first-order valence-corrected chi connectivity index (χ1v) is 16.8. The SMILES string of the molecule is CCC(=O)N(C)C(CS)C(=O)OC1CC(=O)N(C)c2cc(C)cc(c2)C/C(C)=C/C=C/C(C)C2(O)CC(OC(=O)N2)C(C)C2OC12C. The molecule has 12 heteroatoms. The van der Waals surface area contributed by atoms with Crippen LogP contribution in [0, 0.1) is 18.8 Å². The van der Waals surface area contributed by atoms with E-state index >= 15 is 0 Å². The van der Waals surface area contributed by atoms with Gasteiger partial charge in [-0.05, 0) is 50.5 Å². The fourth-order valence-corrected chi connectivity index (χ4v) is 6.91. The van der Waals surface area contributed by atoms with Crippen molar-refractivity contribution < 1.29 is 38.5 Å². The van der Waals surface area contributed by atoms with E-state index in [4.69, 9.17) is 14.2 Å². The Hall–Kier alpha value is -3.35. The maximum Gasteiger partial charge on any atom is 0.409 e. The van der Waals surface area contributed by atoms with Crippen LogP contribution < -0.4 is 10.2 Å². The van der Waals surface area contributed by atoms with Crippen LogP contribution in [0.1, 0.15) is 65.0 Å². The Balaban J connectivity index is 1.74. The first kappa shape index (κ1) is 36.5. The quantitative estimate of drug-likeness (QED) is 0.242. The van der Waals surface area contributed by atoms with Gasteiger partial charge >= 0.3 is 12.1 Å². The molecule has 47 heavy (non-hydrogen) atoms. The highest BCUT2D eigenvalue weighted by Crippen LogP contribution is 2.49. The molecule has 0 saturated carbocycles. The number of likely N-dealkylation sites (N-methyl/N-ethyl adjacent to an activating group) is 1. The van der Waals surface area contributed by atoms with Crippen LogP contribution in [-0.4, -0.2) is 89.4 Å². The number of carbonyl (C=O) groups is 4. The minimum absolute atomic E-state index is 0.0230. The fourth-order valence-electron chi connectivity index (χ4n) is 6.52. The molecule has 1 aromatic carbocycles. The normalized spacial score (nSPS) is 33.7. The molecule has 2 N–H and O–H groups in total. The van der Waals surface area contributed by atoms with Crippen LogP contribution >= 0.6 is 12.6 Å². The summed E-state index contributed by atoms with van der Waals surface area (Å²) < 4.78 is 17.9. The molecule has 11 nitrogen and oxygen atoms in total. The van der Waals surface area contributed by atoms with Crippen LogP contribution in [0.25, 0.3) is 0 Å². The summed E-state index contributed by atoms with van der Waals surface area (Å²) in [4.78, 5) is 55.5. The first-order chi connectivity index (χ1) is 22.0. The number of aryl methyl sites for hydroxylation is 1. The zero-order valence-electron chi connectivity index (χ0n) is 28.6. The standard InChI is InChI=1S/C35H49N3O8S/c1-9-29(39)38(8)26(19-47)32(41)45-28-17-30(40)37(7)25-15-21(3)14-24(16-25)13-20(2)11-10-12-22(4)35(43)18-27(44-33(42)36-35)23(5)31-34(28,6)46-31/h10-12,14-16,22-23,26-28,31,43,47H,9,13,17-19H2,1-8H3,(H,36,42)/b12-10+,20-11+. The lowest BCUT2D eigenvalue weighted by Crippen LogP contribution is -2.60. The third kappa shape index (κ3) is 8.04. The van der Waals surface area contributed by atoms with Gasteiger partial charge in [0, 0.05) is 50.2 Å². The molecule has 0 aliphatic carbocycles.